The quantitative estimate of drug-likeness (QED) is 0.544. The number of benzene rings is 1. The van der Waals surface area contributed by atoms with E-state index in [-0.39, 0.29) is 17.9 Å². The Morgan fingerprint density at radius 1 is 1.03 bits per heavy atom. The van der Waals surface area contributed by atoms with Gasteiger partial charge in [0.1, 0.15) is 29.6 Å². The van der Waals surface area contributed by atoms with Gasteiger partial charge in [0.05, 0.1) is 5.39 Å². The molecule has 5 rings (SSSR count). The number of hydrogen-bond acceptors (Lipinski definition) is 5. The van der Waals surface area contributed by atoms with Crippen LogP contribution in [0.15, 0.2) is 55.1 Å². The number of nitrogens with one attached hydrogen (secondary N) is 1. The van der Waals surface area contributed by atoms with E-state index in [4.69, 9.17) is 0 Å². The van der Waals surface area contributed by atoms with Crippen LogP contribution in [0.25, 0.3) is 28.0 Å². The molecule has 1 N–H and O–H groups in total. The molecule has 4 heterocycles. The van der Waals surface area contributed by atoms with E-state index in [1.54, 1.807) is 29.0 Å². The topological polar surface area (TPSA) is 58.9 Å². The number of anilines is 1. The summed E-state index contributed by atoms with van der Waals surface area (Å²) in [6.07, 6.45) is 4.67. The number of hydrogen-bond donors (Lipinski definition) is 1. The fraction of sp³-hybridized carbons (Fsp3) is 0.261. The Kier molecular flexibility index (Phi) is 4.86. The van der Waals surface area contributed by atoms with Crippen molar-refractivity contribution < 1.29 is 8.78 Å². The van der Waals surface area contributed by atoms with Crippen LogP contribution in [-0.4, -0.2) is 44.7 Å². The van der Waals surface area contributed by atoms with Crippen LogP contribution in [0.2, 0.25) is 0 Å². The predicted molar refractivity (Wildman–Crippen MR) is 116 cm³/mol. The van der Waals surface area contributed by atoms with Gasteiger partial charge in [0, 0.05) is 54.8 Å². The third-order valence-electron chi connectivity index (χ3n) is 5.72. The van der Waals surface area contributed by atoms with Crippen molar-refractivity contribution in [2.45, 2.75) is 25.9 Å². The van der Waals surface area contributed by atoms with Crippen LogP contribution in [-0.2, 0) is 0 Å². The smallest absolute Gasteiger partial charge is 0.151 e. The van der Waals surface area contributed by atoms with Crippen LogP contribution in [0.4, 0.5) is 14.6 Å². The largest absolute Gasteiger partial charge is 0.350 e. The van der Waals surface area contributed by atoms with Crippen LogP contribution < -0.4 is 10.2 Å². The number of nitrogens with zero attached hydrogens (tertiary/aromatic N) is 5. The summed E-state index contributed by atoms with van der Waals surface area (Å²) in [5, 5.41) is 4.19. The second kappa shape index (κ2) is 7.70. The average Bonchev–Trinajstić information content (AvgIpc) is 3.15. The minimum absolute atomic E-state index is 0.193. The van der Waals surface area contributed by atoms with E-state index in [0.29, 0.717) is 22.6 Å². The van der Waals surface area contributed by atoms with Crippen molar-refractivity contribution in [3.05, 3.63) is 66.8 Å². The first kappa shape index (κ1) is 19.6. The van der Waals surface area contributed by atoms with E-state index in [1.165, 1.54) is 30.7 Å². The van der Waals surface area contributed by atoms with Gasteiger partial charge in [0.15, 0.2) is 5.65 Å². The normalized spacial score (nSPS) is 19.2. The number of halogens is 2. The van der Waals surface area contributed by atoms with Crippen LogP contribution in [0.3, 0.4) is 0 Å². The summed E-state index contributed by atoms with van der Waals surface area (Å²) >= 11 is 0. The highest BCUT2D eigenvalue weighted by Crippen LogP contribution is 2.38. The molecule has 0 unspecified atom stereocenters. The molecule has 8 heteroatoms. The molecule has 0 spiro atoms. The zero-order chi connectivity index (χ0) is 21.5. The van der Waals surface area contributed by atoms with Gasteiger partial charge in [-0.1, -0.05) is 18.2 Å². The molecule has 0 saturated carbocycles. The maximum absolute atomic E-state index is 14.8. The highest BCUT2D eigenvalue weighted by molar-refractivity contribution is 6.02. The minimum Gasteiger partial charge on any atom is -0.350 e. The highest BCUT2D eigenvalue weighted by atomic mass is 19.1. The molecule has 2 atom stereocenters. The first-order chi connectivity index (χ1) is 15.0. The minimum atomic E-state index is -0.405. The van der Waals surface area contributed by atoms with Gasteiger partial charge < -0.3 is 10.2 Å². The molecule has 0 bridgehead atoms. The van der Waals surface area contributed by atoms with Crippen LogP contribution in [0.5, 0.6) is 0 Å². The molecule has 1 fully saturated rings. The van der Waals surface area contributed by atoms with Gasteiger partial charge in [0.2, 0.25) is 0 Å². The van der Waals surface area contributed by atoms with Gasteiger partial charge in [-0.15, -0.1) is 0 Å². The fourth-order valence-electron chi connectivity index (χ4n) is 4.16. The molecule has 1 aliphatic rings. The van der Waals surface area contributed by atoms with Crippen molar-refractivity contribution in [3.63, 3.8) is 0 Å². The highest BCUT2D eigenvalue weighted by Gasteiger charge is 2.28. The maximum atomic E-state index is 14.8. The van der Waals surface area contributed by atoms with Crippen molar-refractivity contribution in [2.75, 3.05) is 18.0 Å². The molecule has 4 aromatic rings. The standard InChI is InChI=1S/C23H22F2N6/c1-14-11-30(15(2)10-27-14)22-21-18(17-5-3-4-6-19(17)25)12-31(23(21)29-13-28-22)20-9-16(24)7-8-26-20/h3-9,12-15,27H,10-11H2,1-2H3/t14-,15+/m1/s1. The summed E-state index contributed by atoms with van der Waals surface area (Å²) < 4.78 is 30.5. The molecule has 0 amide bonds. The molecular formula is C23H22F2N6. The van der Waals surface area contributed by atoms with Gasteiger partial charge in [-0.3, -0.25) is 4.57 Å². The summed E-state index contributed by atoms with van der Waals surface area (Å²) in [6, 6.07) is 9.71. The van der Waals surface area contributed by atoms with Gasteiger partial charge in [-0.05, 0) is 26.0 Å². The monoisotopic (exact) mass is 420 g/mol. The molecule has 158 valence electrons. The molecule has 1 saturated heterocycles. The predicted octanol–water partition coefficient (Wildman–Crippen LogP) is 3.95. The molecule has 0 radical (unpaired) electrons. The first-order valence-electron chi connectivity index (χ1n) is 10.3. The van der Waals surface area contributed by atoms with Crippen LogP contribution in [0, 0.1) is 11.6 Å². The maximum Gasteiger partial charge on any atom is 0.151 e. The van der Waals surface area contributed by atoms with Crippen molar-refractivity contribution in [1.29, 1.82) is 0 Å². The molecule has 0 aliphatic carbocycles. The summed E-state index contributed by atoms with van der Waals surface area (Å²) in [5.41, 5.74) is 1.64. The van der Waals surface area contributed by atoms with Crippen molar-refractivity contribution in [1.82, 2.24) is 24.8 Å². The lowest BCUT2D eigenvalue weighted by Gasteiger charge is -2.38. The Balaban J connectivity index is 1.81. The van der Waals surface area contributed by atoms with Crippen molar-refractivity contribution in [2.24, 2.45) is 0 Å². The number of fused-ring (bicyclic) bond motifs is 1. The lowest BCUT2D eigenvalue weighted by molar-refractivity contribution is 0.423. The fourth-order valence-corrected chi connectivity index (χ4v) is 4.16. The number of piperazine rings is 1. The summed E-state index contributed by atoms with van der Waals surface area (Å²) in [6.45, 7) is 5.82. The van der Waals surface area contributed by atoms with E-state index in [0.717, 1.165) is 24.3 Å². The molecule has 1 aromatic carbocycles. The number of rotatable bonds is 3. The van der Waals surface area contributed by atoms with Gasteiger partial charge in [0.25, 0.3) is 0 Å². The second-order valence-electron chi connectivity index (χ2n) is 7.93. The van der Waals surface area contributed by atoms with Crippen LogP contribution >= 0.6 is 0 Å². The van der Waals surface area contributed by atoms with Gasteiger partial charge >= 0.3 is 0 Å². The van der Waals surface area contributed by atoms with E-state index in [9.17, 15) is 8.78 Å². The van der Waals surface area contributed by atoms with E-state index < -0.39 is 5.82 Å². The zero-order valence-corrected chi connectivity index (χ0v) is 17.3. The third-order valence-corrected chi connectivity index (χ3v) is 5.72. The Bertz CT molecular complexity index is 1250. The first-order valence-corrected chi connectivity index (χ1v) is 10.3. The van der Waals surface area contributed by atoms with Crippen molar-refractivity contribution in [3.8, 4) is 16.9 Å². The van der Waals surface area contributed by atoms with Gasteiger partial charge in [-0.2, -0.15) is 0 Å². The second-order valence-corrected chi connectivity index (χ2v) is 7.93. The van der Waals surface area contributed by atoms with Crippen molar-refractivity contribution >= 4 is 16.9 Å². The average molecular weight is 420 g/mol. The third kappa shape index (κ3) is 3.42. The molecule has 31 heavy (non-hydrogen) atoms. The number of pyridine rings is 1. The van der Waals surface area contributed by atoms with E-state index >= 15 is 0 Å². The Hall–Kier alpha value is -3.39. The Labute approximate surface area is 178 Å². The van der Waals surface area contributed by atoms with Crippen LogP contribution in [0.1, 0.15) is 13.8 Å². The lowest BCUT2D eigenvalue weighted by Crippen LogP contribution is -2.54. The van der Waals surface area contributed by atoms with Gasteiger partial charge in [-0.25, -0.2) is 23.7 Å². The van der Waals surface area contributed by atoms with E-state index in [2.05, 4.69) is 39.0 Å². The molecular weight excluding hydrogens is 398 g/mol. The molecule has 6 nitrogen and oxygen atoms in total. The summed E-state index contributed by atoms with van der Waals surface area (Å²) in [4.78, 5) is 15.6. The Morgan fingerprint density at radius 2 is 1.87 bits per heavy atom. The molecule has 1 aliphatic heterocycles. The molecule has 3 aromatic heterocycles. The summed E-state index contributed by atoms with van der Waals surface area (Å²) in [7, 11) is 0. The van der Waals surface area contributed by atoms with E-state index in [1.807, 2.05) is 0 Å². The SMILES string of the molecule is C[C@@H]1CN(c2ncnc3c2c(-c2ccccc2F)cn3-c2cc(F)ccn2)[C@@H](C)CN1. The zero-order valence-electron chi connectivity index (χ0n) is 17.3. The summed E-state index contributed by atoms with van der Waals surface area (Å²) in [5.74, 6) is 0.363. The Morgan fingerprint density at radius 3 is 2.68 bits per heavy atom. The number of aromatic nitrogens is 4. The lowest BCUT2D eigenvalue weighted by atomic mass is 10.0.